The van der Waals surface area contributed by atoms with Crippen LogP contribution in [-0.4, -0.2) is 6.29 Å². The second-order valence-corrected chi connectivity index (χ2v) is 2.97. The van der Waals surface area contributed by atoms with Crippen LogP contribution in [0.25, 0.3) is 6.08 Å². The van der Waals surface area contributed by atoms with Crippen molar-refractivity contribution in [2.75, 3.05) is 0 Å². The number of benzene rings is 1. The Bertz CT molecular complexity index is 264. The first-order valence-corrected chi connectivity index (χ1v) is 3.99. The predicted octanol–water partition coefficient (Wildman–Crippen LogP) is 2.62. The zero-order valence-electron chi connectivity index (χ0n) is 5.83. The third-order valence-corrected chi connectivity index (χ3v) is 1.63. The lowest BCUT2D eigenvalue weighted by molar-refractivity contribution is -0.104. The first-order valence-electron chi connectivity index (χ1n) is 3.20. The van der Waals surface area contributed by atoms with Crippen molar-refractivity contribution in [3.05, 3.63) is 40.4 Å². The Labute approximate surface area is 73.9 Å². The summed E-state index contributed by atoms with van der Waals surface area (Å²) in [7, 11) is 0. The molecule has 11 heavy (non-hydrogen) atoms. The van der Waals surface area contributed by atoms with Crippen molar-refractivity contribution in [1.29, 1.82) is 0 Å². The van der Waals surface area contributed by atoms with E-state index in [4.69, 9.17) is 0 Å². The molecule has 56 valence electrons. The van der Waals surface area contributed by atoms with Gasteiger partial charge in [0, 0.05) is 0 Å². The Morgan fingerprint density at radius 3 is 2.45 bits per heavy atom. The zero-order chi connectivity index (χ0) is 8.10. The maximum absolute atomic E-state index is 10.2. The molecule has 0 aromatic heterocycles. The van der Waals surface area contributed by atoms with Gasteiger partial charge >= 0.3 is 0 Å². The maximum Gasteiger partial charge on any atom is 0.157 e. The van der Waals surface area contributed by atoms with E-state index >= 15 is 0 Å². The highest BCUT2D eigenvalue weighted by molar-refractivity contribution is 9.12. The molecule has 0 bridgehead atoms. The van der Waals surface area contributed by atoms with Gasteiger partial charge in [0.25, 0.3) is 0 Å². The average molecular weight is 211 g/mol. The van der Waals surface area contributed by atoms with Crippen molar-refractivity contribution in [1.82, 2.24) is 0 Å². The normalized spacial score (nSPS) is 11.2. The van der Waals surface area contributed by atoms with E-state index in [1.165, 1.54) is 0 Å². The number of aldehydes is 1. The van der Waals surface area contributed by atoms with Gasteiger partial charge in [-0.15, -0.1) is 0 Å². The van der Waals surface area contributed by atoms with Gasteiger partial charge in [0.15, 0.2) is 6.29 Å². The molecule has 0 saturated carbocycles. The van der Waals surface area contributed by atoms with Crippen LogP contribution in [0.5, 0.6) is 0 Å². The van der Waals surface area contributed by atoms with Gasteiger partial charge in [0.05, 0.1) is 4.48 Å². The Morgan fingerprint density at radius 1 is 1.27 bits per heavy atom. The lowest BCUT2D eigenvalue weighted by Crippen LogP contribution is -1.73. The van der Waals surface area contributed by atoms with Crippen LogP contribution in [0.4, 0.5) is 0 Å². The highest BCUT2D eigenvalue weighted by Gasteiger charge is 1.87. The molecule has 1 aromatic rings. The van der Waals surface area contributed by atoms with Crippen LogP contribution in [0.15, 0.2) is 34.8 Å². The minimum absolute atomic E-state index is 0.559. The zero-order valence-corrected chi connectivity index (χ0v) is 7.41. The van der Waals surface area contributed by atoms with E-state index < -0.39 is 0 Å². The fourth-order valence-corrected chi connectivity index (χ4v) is 1.01. The van der Waals surface area contributed by atoms with Gasteiger partial charge < -0.3 is 0 Å². The highest BCUT2D eigenvalue weighted by atomic mass is 79.9. The van der Waals surface area contributed by atoms with Crippen molar-refractivity contribution in [2.24, 2.45) is 0 Å². The summed E-state index contributed by atoms with van der Waals surface area (Å²) >= 11 is 3.11. The van der Waals surface area contributed by atoms with E-state index in [2.05, 4.69) is 15.9 Å². The summed E-state index contributed by atoms with van der Waals surface area (Å²) in [4.78, 5) is 10.2. The molecule has 0 atom stereocenters. The fraction of sp³-hybridized carbons (Fsp3) is 0. The maximum atomic E-state index is 10.2. The topological polar surface area (TPSA) is 17.1 Å². The number of allylic oxidation sites excluding steroid dienone is 1. The van der Waals surface area contributed by atoms with Gasteiger partial charge in [0.2, 0.25) is 0 Å². The van der Waals surface area contributed by atoms with E-state index in [1.54, 1.807) is 6.08 Å². The molecule has 2 heteroatoms. The van der Waals surface area contributed by atoms with Crippen molar-refractivity contribution < 1.29 is 4.79 Å². The molecule has 1 aromatic carbocycles. The van der Waals surface area contributed by atoms with Gasteiger partial charge in [0.1, 0.15) is 0 Å². The van der Waals surface area contributed by atoms with Gasteiger partial charge in [-0.2, -0.15) is 0 Å². The van der Waals surface area contributed by atoms with Crippen molar-refractivity contribution in [3.63, 3.8) is 0 Å². The molecule has 1 nitrogen and oxygen atoms in total. The van der Waals surface area contributed by atoms with Crippen molar-refractivity contribution >= 4 is 28.3 Å². The Kier molecular flexibility index (Phi) is 3.05. The third-order valence-electron chi connectivity index (χ3n) is 1.22. The third kappa shape index (κ3) is 2.68. The number of halogens is 1. The minimum atomic E-state index is 0.559. The smallest absolute Gasteiger partial charge is 0.157 e. The molecule has 0 unspecified atom stereocenters. The number of carbonyl (C=O) groups excluding carboxylic acids is 1. The van der Waals surface area contributed by atoms with Crippen LogP contribution in [0, 0.1) is 0 Å². The monoisotopic (exact) mass is 210 g/mol. The fourth-order valence-electron chi connectivity index (χ4n) is 0.743. The summed E-state index contributed by atoms with van der Waals surface area (Å²) in [5.41, 5.74) is 1.02. The molecule has 0 amide bonds. The van der Waals surface area contributed by atoms with Crippen LogP contribution in [-0.2, 0) is 4.79 Å². The molecule has 0 aliphatic carbocycles. The van der Waals surface area contributed by atoms with Gasteiger partial charge in [-0.3, -0.25) is 4.79 Å². The average Bonchev–Trinajstić information content (AvgIpc) is 2.06. The summed E-state index contributed by atoms with van der Waals surface area (Å²) in [5, 5.41) is 0. The van der Waals surface area contributed by atoms with Crippen LogP contribution in [0.2, 0.25) is 0 Å². The standard InChI is InChI=1S/C9H7BrO/c10-9(7-11)6-8-4-2-1-3-5-8/h1-7H/b9-6+. The molecule has 0 radical (unpaired) electrons. The summed E-state index contributed by atoms with van der Waals surface area (Å²) in [6, 6.07) is 9.66. The molecular weight excluding hydrogens is 204 g/mol. The SMILES string of the molecule is O=C/C(Br)=C\c1ccccc1. The molecular formula is C9H7BrO. The van der Waals surface area contributed by atoms with E-state index in [0.29, 0.717) is 4.48 Å². The van der Waals surface area contributed by atoms with E-state index in [1.807, 2.05) is 30.3 Å². The number of rotatable bonds is 2. The van der Waals surface area contributed by atoms with Crippen molar-refractivity contribution in [3.8, 4) is 0 Å². The lowest BCUT2D eigenvalue weighted by atomic mass is 10.2. The first kappa shape index (κ1) is 8.21. The van der Waals surface area contributed by atoms with E-state index in [-0.39, 0.29) is 0 Å². The number of hydrogen-bond donors (Lipinski definition) is 0. The number of hydrogen-bond acceptors (Lipinski definition) is 1. The lowest BCUT2D eigenvalue weighted by Gasteiger charge is -1.89. The van der Waals surface area contributed by atoms with Crippen LogP contribution in [0.3, 0.4) is 0 Å². The second kappa shape index (κ2) is 4.09. The predicted molar refractivity (Wildman–Crippen MR) is 49.4 cm³/mol. The van der Waals surface area contributed by atoms with Gasteiger partial charge in [-0.05, 0) is 27.6 Å². The molecule has 0 N–H and O–H groups in total. The number of carbonyl (C=O) groups is 1. The van der Waals surface area contributed by atoms with E-state index in [0.717, 1.165) is 11.8 Å². The first-order chi connectivity index (χ1) is 5.33. The van der Waals surface area contributed by atoms with Gasteiger partial charge in [-0.1, -0.05) is 30.3 Å². The molecule has 0 fully saturated rings. The minimum Gasteiger partial charge on any atom is -0.297 e. The van der Waals surface area contributed by atoms with Crippen molar-refractivity contribution in [2.45, 2.75) is 0 Å². The van der Waals surface area contributed by atoms with E-state index in [9.17, 15) is 4.79 Å². The Hall–Kier alpha value is -0.890. The quantitative estimate of drug-likeness (QED) is 0.542. The molecule has 0 aliphatic rings. The molecule has 0 saturated heterocycles. The largest absolute Gasteiger partial charge is 0.297 e. The molecule has 0 spiro atoms. The van der Waals surface area contributed by atoms with Gasteiger partial charge in [-0.25, -0.2) is 0 Å². The molecule has 0 aliphatic heterocycles. The molecule has 0 heterocycles. The van der Waals surface area contributed by atoms with Crippen LogP contribution in [0.1, 0.15) is 5.56 Å². The summed E-state index contributed by atoms with van der Waals surface area (Å²) < 4.78 is 0.559. The highest BCUT2D eigenvalue weighted by Crippen LogP contribution is 2.08. The summed E-state index contributed by atoms with van der Waals surface area (Å²) in [6.45, 7) is 0. The molecule has 1 rings (SSSR count). The summed E-state index contributed by atoms with van der Waals surface area (Å²) in [6.07, 6.45) is 2.54. The van der Waals surface area contributed by atoms with Crippen LogP contribution < -0.4 is 0 Å². The Morgan fingerprint density at radius 2 is 1.91 bits per heavy atom. The van der Waals surface area contributed by atoms with Crippen LogP contribution >= 0.6 is 15.9 Å². The Balaban J connectivity index is 2.87. The second-order valence-electron chi connectivity index (χ2n) is 2.06. The summed E-state index contributed by atoms with van der Waals surface area (Å²) in [5.74, 6) is 0.